The molecule has 0 radical (unpaired) electrons. The van der Waals surface area contributed by atoms with Crippen LogP contribution in [0.25, 0.3) is 5.69 Å². The Bertz CT molecular complexity index is 1350. The number of nitrogens with zero attached hydrogens (tertiary/aromatic N) is 4. The van der Waals surface area contributed by atoms with Gasteiger partial charge in [-0.1, -0.05) is 65.3 Å². The van der Waals surface area contributed by atoms with Crippen molar-refractivity contribution in [2.45, 2.75) is 30.9 Å². The van der Waals surface area contributed by atoms with Crippen LogP contribution in [0.4, 0.5) is 0 Å². The van der Waals surface area contributed by atoms with Gasteiger partial charge in [0.05, 0.1) is 5.02 Å². The summed E-state index contributed by atoms with van der Waals surface area (Å²) >= 11 is 13.7. The second-order valence-electron chi connectivity index (χ2n) is 7.93. The molecule has 0 N–H and O–H groups in total. The molecular weight excluding hydrogens is 507 g/mol. The molecule has 10 heteroatoms. The van der Waals surface area contributed by atoms with E-state index in [1.54, 1.807) is 30.3 Å². The van der Waals surface area contributed by atoms with Crippen molar-refractivity contribution in [2.75, 3.05) is 6.54 Å². The lowest BCUT2D eigenvalue weighted by molar-refractivity contribution is -0.479. The van der Waals surface area contributed by atoms with Gasteiger partial charge >= 0.3 is 0 Å². The van der Waals surface area contributed by atoms with Crippen molar-refractivity contribution in [1.82, 2.24) is 14.8 Å². The predicted molar refractivity (Wildman–Crippen MR) is 139 cm³/mol. The molecule has 0 unspecified atom stereocenters. The summed E-state index contributed by atoms with van der Waals surface area (Å²) in [7, 11) is 0. The first-order chi connectivity index (χ1) is 16.8. The molecular formula is C25H22Cl2N4O3S. The van der Waals surface area contributed by atoms with Crippen LogP contribution in [0.15, 0.2) is 71.9 Å². The number of nitro groups is 1. The summed E-state index contributed by atoms with van der Waals surface area (Å²) in [5.74, 6) is 1.19. The molecule has 0 saturated carbocycles. The first-order valence-electron chi connectivity index (χ1n) is 10.7. The molecule has 1 heterocycles. The Labute approximate surface area is 217 Å². The zero-order valence-corrected chi connectivity index (χ0v) is 21.3. The fourth-order valence-electron chi connectivity index (χ4n) is 3.53. The molecule has 0 bridgehead atoms. The van der Waals surface area contributed by atoms with Gasteiger partial charge < -0.3 is 4.74 Å². The second-order valence-corrected chi connectivity index (χ2v) is 9.94. The largest absolute Gasteiger partial charge is 0.487 e. The second kappa shape index (κ2) is 11.1. The van der Waals surface area contributed by atoms with E-state index < -0.39 is 5.25 Å². The number of aryl methyl sites for hydroxylation is 2. The molecule has 4 aromatic rings. The van der Waals surface area contributed by atoms with E-state index in [1.165, 1.54) is 11.8 Å². The molecule has 1 atom stereocenters. The van der Waals surface area contributed by atoms with Crippen LogP contribution >= 0.6 is 35.0 Å². The minimum absolute atomic E-state index is 0.300. The molecule has 0 spiro atoms. The summed E-state index contributed by atoms with van der Waals surface area (Å²) in [6.45, 7) is 3.88. The van der Waals surface area contributed by atoms with Gasteiger partial charge in [-0.15, -0.1) is 10.2 Å². The fourth-order valence-corrected chi connectivity index (χ4v) is 5.07. The zero-order valence-electron chi connectivity index (χ0n) is 19.0. The SMILES string of the molecule is Cc1cccc(-n2c(C)nnc2S[C@H](C[N+](=O)[O-])c2ccc(OCc3ccc(Cl)cc3)c(Cl)c2)c1. The number of rotatable bonds is 9. The molecule has 35 heavy (non-hydrogen) atoms. The third-order valence-electron chi connectivity index (χ3n) is 5.25. The van der Waals surface area contributed by atoms with E-state index in [4.69, 9.17) is 27.9 Å². The average molecular weight is 529 g/mol. The molecule has 0 aliphatic heterocycles. The molecule has 0 aliphatic rings. The van der Waals surface area contributed by atoms with Gasteiger partial charge in [0, 0.05) is 15.6 Å². The Morgan fingerprint density at radius 2 is 1.83 bits per heavy atom. The third kappa shape index (κ3) is 6.33. The monoisotopic (exact) mass is 528 g/mol. The Morgan fingerprint density at radius 1 is 1.06 bits per heavy atom. The van der Waals surface area contributed by atoms with Gasteiger partial charge in [0.25, 0.3) is 0 Å². The molecule has 4 rings (SSSR count). The Balaban J connectivity index is 1.57. The number of ether oxygens (including phenoxy) is 1. The van der Waals surface area contributed by atoms with E-state index in [0.29, 0.717) is 38.9 Å². The third-order valence-corrected chi connectivity index (χ3v) is 6.98. The van der Waals surface area contributed by atoms with E-state index in [0.717, 1.165) is 16.8 Å². The van der Waals surface area contributed by atoms with Crippen LogP contribution in [0, 0.1) is 24.0 Å². The maximum Gasteiger partial charge on any atom is 0.220 e. The van der Waals surface area contributed by atoms with Crippen molar-refractivity contribution in [3.63, 3.8) is 0 Å². The summed E-state index contributed by atoms with van der Waals surface area (Å²) in [5, 5.41) is 21.1. The van der Waals surface area contributed by atoms with E-state index in [1.807, 2.05) is 54.8 Å². The summed E-state index contributed by atoms with van der Waals surface area (Å²) in [6, 6.07) is 20.5. The van der Waals surface area contributed by atoms with Crippen molar-refractivity contribution < 1.29 is 9.66 Å². The van der Waals surface area contributed by atoms with Crippen LogP contribution in [-0.2, 0) is 6.61 Å². The highest BCUT2D eigenvalue weighted by molar-refractivity contribution is 7.99. The maximum absolute atomic E-state index is 11.5. The standard InChI is InChI=1S/C25H22Cl2N4O3S/c1-16-4-3-5-21(12-16)31-17(2)28-29-25(31)35-24(14-30(32)33)19-8-11-23(22(27)13-19)34-15-18-6-9-20(26)10-7-18/h3-13,24H,14-15H2,1-2H3/t24-/m1/s1. The highest BCUT2D eigenvalue weighted by Gasteiger charge is 2.24. The highest BCUT2D eigenvalue weighted by Crippen LogP contribution is 2.38. The zero-order chi connectivity index (χ0) is 24.9. The topological polar surface area (TPSA) is 83.1 Å². The van der Waals surface area contributed by atoms with Crippen molar-refractivity contribution >= 4 is 35.0 Å². The minimum Gasteiger partial charge on any atom is -0.487 e. The number of thioether (sulfide) groups is 1. The normalized spacial score (nSPS) is 11.9. The van der Waals surface area contributed by atoms with Gasteiger partial charge in [0.15, 0.2) is 5.16 Å². The van der Waals surface area contributed by atoms with Crippen molar-refractivity contribution in [2.24, 2.45) is 0 Å². The molecule has 7 nitrogen and oxygen atoms in total. The Kier molecular flexibility index (Phi) is 7.95. The van der Waals surface area contributed by atoms with Crippen LogP contribution in [-0.4, -0.2) is 26.2 Å². The van der Waals surface area contributed by atoms with Crippen LogP contribution in [0.5, 0.6) is 5.75 Å². The van der Waals surface area contributed by atoms with E-state index in [-0.39, 0.29) is 11.5 Å². The van der Waals surface area contributed by atoms with E-state index in [9.17, 15) is 10.1 Å². The molecule has 3 aromatic carbocycles. The number of halogens is 2. The number of hydrogen-bond donors (Lipinski definition) is 0. The molecule has 0 aliphatic carbocycles. The van der Waals surface area contributed by atoms with Crippen molar-refractivity contribution in [3.05, 3.63) is 109 Å². The number of aromatic nitrogens is 3. The van der Waals surface area contributed by atoms with Crippen molar-refractivity contribution in [3.8, 4) is 11.4 Å². The number of benzene rings is 3. The first-order valence-corrected chi connectivity index (χ1v) is 12.4. The summed E-state index contributed by atoms with van der Waals surface area (Å²) in [5.41, 5.74) is 3.64. The van der Waals surface area contributed by atoms with Crippen LogP contribution < -0.4 is 4.74 Å². The molecule has 0 amide bonds. The van der Waals surface area contributed by atoms with Crippen molar-refractivity contribution in [1.29, 1.82) is 0 Å². The van der Waals surface area contributed by atoms with Crippen LogP contribution in [0.1, 0.15) is 27.8 Å². The van der Waals surface area contributed by atoms with Gasteiger partial charge in [-0.05, 0) is 66.9 Å². The van der Waals surface area contributed by atoms with Gasteiger partial charge in [0.2, 0.25) is 6.54 Å². The Hall–Kier alpha value is -3.07. The molecule has 0 fully saturated rings. The fraction of sp³-hybridized carbons (Fsp3) is 0.200. The molecule has 0 saturated heterocycles. The van der Waals surface area contributed by atoms with E-state index >= 15 is 0 Å². The summed E-state index contributed by atoms with van der Waals surface area (Å²) in [4.78, 5) is 11.2. The predicted octanol–water partition coefficient (Wildman–Crippen LogP) is 6.88. The Morgan fingerprint density at radius 3 is 2.51 bits per heavy atom. The van der Waals surface area contributed by atoms with Gasteiger partial charge in [-0.25, -0.2) is 0 Å². The smallest absolute Gasteiger partial charge is 0.220 e. The first kappa shape index (κ1) is 25.0. The number of hydrogen-bond acceptors (Lipinski definition) is 6. The van der Waals surface area contributed by atoms with Gasteiger partial charge in [-0.2, -0.15) is 0 Å². The van der Waals surface area contributed by atoms with Gasteiger partial charge in [-0.3, -0.25) is 14.7 Å². The van der Waals surface area contributed by atoms with Gasteiger partial charge in [0.1, 0.15) is 23.4 Å². The molecule has 1 aromatic heterocycles. The summed E-state index contributed by atoms with van der Waals surface area (Å²) < 4.78 is 7.74. The minimum atomic E-state index is -0.528. The summed E-state index contributed by atoms with van der Waals surface area (Å²) in [6.07, 6.45) is 0. The van der Waals surface area contributed by atoms with Crippen LogP contribution in [0.2, 0.25) is 10.0 Å². The average Bonchev–Trinajstić information content (AvgIpc) is 3.18. The van der Waals surface area contributed by atoms with E-state index in [2.05, 4.69) is 10.2 Å². The van der Waals surface area contributed by atoms with Crippen LogP contribution in [0.3, 0.4) is 0 Å². The lowest BCUT2D eigenvalue weighted by atomic mass is 10.1. The maximum atomic E-state index is 11.5. The highest BCUT2D eigenvalue weighted by atomic mass is 35.5. The lowest BCUT2D eigenvalue weighted by Gasteiger charge is -2.16. The molecule has 180 valence electrons. The lowest BCUT2D eigenvalue weighted by Crippen LogP contribution is -2.11. The quantitative estimate of drug-likeness (QED) is 0.134.